The molecule has 1 fully saturated rings. The zero-order valence-corrected chi connectivity index (χ0v) is 52.1. The molecule has 9 rings (SSSR count). The van der Waals surface area contributed by atoms with Crippen molar-refractivity contribution < 1.29 is 62.6 Å². The smallest absolute Gasteiger partial charge is 0.391 e. The third-order valence-electron chi connectivity index (χ3n) is 16.5. The van der Waals surface area contributed by atoms with E-state index in [2.05, 4.69) is 36.6 Å². The number of nitrogens with one attached hydrogen (secondary N) is 6. The number of aryl methyl sites for hydroxylation is 4. The molecule has 0 aliphatic carbocycles. The second-order valence-corrected chi connectivity index (χ2v) is 26.8. The minimum absolute atomic E-state index is 0.00288. The van der Waals surface area contributed by atoms with Crippen molar-refractivity contribution in [3.8, 4) is 10.4 Å². The van der Waals surface area contributed by atoms with Gasteiger partial charge in [-0.25, -0.2) is 4.98 Å². The number of nitrogens with zero attached hydrogens (tertiary/aromatic N) is 3. The molecule has 7 atom stereocenters. The summed E-state index contributed by atoms with van der Waals surface area (Å²) in [5, 5.41) is 25.5. The summed E-state index contributed by atoms with van der Waals surface area (Å²) in [7, 11) is -5.08. The first kappa shape index (κ1) is 65.0. The SMILES string of the molecule is Cc1cc(CCCCCC(=O)N[C@H](C(=O)N2C[C@H](O)C[C@H]2C(=O)N[C@@H](C)c2ccc(-c3scnc3C)cc2)C(C)(C)C)cc(NC(=O)[C@H](CCC(N)=O)NC(=O)[C@@H]2Cc3cccc4c3N2C(=O)[C@@H](NC(=O)c2cc3cc(C(=O)P(=O)(O)O)ccc3[nH]2)CC4)c1. The Morgan fingerprint density at radius 3 is 2.29 bits per heavy atom. The molecule has 11 N–H and O–H groups in total. The highest BCUT2D eigenvalue weighted by Crippen LogP contribution is 2.41. The molecule has 8 amide bonds. The third-order valence-corrected chi connectivity index (χ3v) is 18.3. The number of nitrogens with two attached hydrogens (primary N) is 1. The largest absolute Gasteiger partial charge is 0.396 e. The maximum absolute atomic E-state index is 14.6. The molecule has 6 aromatic rings. The highest BCUT2D eigenvalue weighted by Gasteiger charge is 2.47. The van der Waals surface area contributed by atoms with Crippen LogP contribution in [0.3, 0.4) is 0 Å². The van der Waals surface area contributed by atoms with Crippen molar-refractivity contribution >= 4 is 94.0 Å². The number of primary amides is 1. The zero-order chi connectivity index (χ0) is 64.2. The van der Waals surface area contributed by atoms with Gasteiger partial charge in [-0.3, -0.25) is 52.6 Å². The Morgan fingerprint density at radius 1 is 0.865 bits per heavy atom. The molecule has 5 heterocycles. The van der Waals surface area contributed by atoms with Crippen molar-refractivity contribution in [2.75, 3.05) is 16.8 Å². The van der Waals surface area contributed by atoms with Gasteiger partial charge >= 0.3 is 7.60 Å². The quantitative estimate of drug-likeness (QED) is 0.0256. The number of thiazole rings is 1. The second kappa shape index (κ2) is 27.1. The summed E-state index contributed by atoms with van der Waals surface area (Å²) in [6.45, 7) is 11.1. The molecule has 470 valence electrons. The lowest BCUT2D eigenvalue weighted by atomic mass is 9.85. The predicted molar refractivity (Wildman–Crippen MR) is 334 cm³/mol. The second-order valence-electron chi connectivity index (χ2n) is 24.5. The van der Waals surface area contributed by atoms with Crippen molar-refractivity contribution in [3.63, 3.8) is 0 Å². The van der Waals surface area contributed by atoms with Crippen LogP contribution in [0.25, 0.3) is 21.3 Å². The van der Waals surface area contributed by atoms with Crippen molar-refractivity contribution in [2.45, 2.75) is 155 Å². The number of likely N-dealkylation sites (tertiary alicyclic amines) is 1. The number of β-amino-alcohol motifs (C(OH)–C–C–N with tert-alkyl or cyclic N) is 1. The van der Waals surface area contributed by atoms with Gasteiger partial charge in [-0.1, -0.05) is 75.7 Å². The molecule has 2 aromatic heterocycles. The molecule has 3 aliphatic rings. The summed E-state index contributed by atoms with van der Waals surface area (Å²) in [6.07, 6.45) is 1.85. The molecule has 25 heteroatoms. The van der Waals surface area contributed by atoms with E-state index in [1.54, 1.807) is 35.0 Å². The Morgan fingerprint density at radius 2 is 1.60 bits per heavy atom. The normalized spacial score (nSPS) is 18.3. The van der Waals surface area contributed by atoms with Gasteiger partial charge < -0.3 is 57.1 Å². The van der Waals surface area contributed by atoms with Crippen LogP contribution in [0.15, 0.2) is 90.4 Å². The molecule has 89 heavy (non-hydrogen) atoms. The maximum Gasteiger partial charge on any atom is 0.396 e. The molecule has 1 saturated heterocycles. The van der Waals surface area contributed by atoms with E-state index in [0.29, 0.717) is 59.9 Å². The van der Waals surface area contributed by atoms with E-state index in [1.165, 1.54) is 34.1 Å². The maximum atomic E-state index is 14.6. The van der Waals surface area contributed by atoms with Gasteiger partial charge in [0.1, 0.15) is 35.9 Å². The lowest BCUT2D eigenvalue weighted by Gasteiger charge is -2.35. The first-order valence-corrected chi connectivity index (χ1v) is 32.2. The number of aromatic amines is 1. The molecular weight excluding hydrogens is 1180 g/mol. The van der Waals surface area contributed by atoms with Gasteiger partial charge in [-0.05, 0) is 134 Å². The van der Waals surface area contributed by atoms with Crippen LogP contribution in [0.1, 0.15) is 139 Å². The Bertz CT molecular complexity index is 3800. The molecule has 0 bridgehead atoms. The summed E-state index contributed by atoms with van der Waals surface area (Å²) < 4.78 is 11.6. The number of unbranched alkanes of at least 4 members (excludes halogenated alkanes) is 2. The van der Waals surface area contributed by atoms with Crippen LogP contribution < -0.4 is 37.2 Å². The summed E-state index contributed by atoms with van der Waals surface area (Å²) >= 11 is 1.55. The lowest BCUT2D eigenvalue weighted by Crippen LogP contribution is -2.57. The van der Waals surface area contributed by atoms with Crippen LogP contribution in [0.4, 0.5) is 11.4 Å². The van der Waals surface area contributed by atoms with E-state index < -0.39 is 102 Å². The number of carbonyl (C=O) groups excluding carboxylic acids is 9. The minimum Gasteiger partial charge on any atom is -0.391 e. The van der Waals surface area contributed by atoms with Gasteiger partial charge in [0.25, 0.3) is 11.4 Å². The summed E-state index contributed by atoms with van der Waals surface area (Å²) in [5.41, 5.74) is 12.3. The third kappa shape index (κ3) is 15.4. The van der Waals surface area contributed by atoms with Crippen LogP contribution in [0.5, 0.6) is 0 Å². The number of anilines is 2. The van der Waals surface area contributed by atoms with E-state index in [1.807, 2.05) is 84.0 Å². The highest BCUT2D eigenvalue weighted by atomic mass is 32.1. The number of aliphatic hydroxyl groups excluding tert-OH is 1. The molecule has 0 radical (unpaired) electrons. The summed E-state index contributed by atoms with van der Waals surface area (Å²) in [6, 6.07) is 18.2. The lowest BCUT2D eigenvalue weighted by molar-refractivity contribution is -0.144. The number of hydrogen-bond acceptors (Lipinski definition) is 13. The highest BCUT2D eigenvalue weighted by molar-refractivity contribution is 7.70. The number of amides is 8. The van der Waals surface area contributed by atoms with Gasteiger partial charge in [0.2, 0.25) is 41.4 Å². The molecule has 4 aromatic carbocycles. The standard InChI is InChI=1S/C64H75N10O13PS/c1-34-25-37(11-8-7-9-14-53(77)72-56(64(4,5)6)62(83)73-32-45(75)31-50(73)59(80)67-35(2)38-15-17-40(18-16-38)55-36(3)66-33-89-55)27-44(26-34)68-57(78)47(23-24-52(65)76)70-60(81)51-30-41-13-10-12-39-19-22-48(61(82)74(51)54(39)41)71-58(79)49-29-43-28-42(20-21-46(43)69-49)63(84)88(85,86)87/h10,12-13,15-18,20-21,25-29,33,35,45,47-48,50-51,56,69,75H,7-9,11,14,19,22-24,30-32H2,1-6H3,(H2,65,76)(H,67,80)(H,68,78)(H,70,81)(H,71,79)(H,72,77)(H2,85,86,87)/t35-,45+,47-,48-,50-,51-,56+/m0/s1. The number of fused-ring (bicyclic) bond motifs is 1. The first-order valence-electron chi connectivity index (χ1n) is 29.7. The van der Waals surface area contributed by atoms with Gasteiger partial charge in [0, 0.05) is 54.4 Å². The molecule has 0 saturated carbocycles. The van der Waals surface area contributed by atoms with E-state index in [4.69, 9.17) is 5.73 Å². The zero-order valence-electron chi connectivity index (χ0n) is 50.4. The number of hydrogen-bond donors (Lipinski definition) is 10. The summed E-state index contributed by atoms with van der Waals surface area (Å²) in [5.74, 6) is -4.47. The van der Waals surface area contributed by atoms with Gasteiger partial charge in [0.05, 0.1) is 33.9 Å². The fourth-order valence-electron chi connectivity index (χ4n) is 11.9. The molecule has 23 nitrogen and oxygen atoms in total. The van der Waals surface area contributed by atoms with Crippen molar-refractivity contribution in [1.82, 2.24) is 36.1 Å². The minimum atomic E-state index is -5.08. The fourth-order valence-corrected chi connectivity index (χ4v) is 13.2. The molecule has 3 aliphatic heterocycles. The van der Waals surface area contributed by atoms with Crippen LogP contribution >= 0.6 is 18.9 Å². The van der Waals surface area contributed by atoms with Gasteiger partial charge in [-0.15, -0.1) is 11.3 Å². The number of carbonyl (C=O) groups is 9. The van der Waals surface area contributed by atoms with Crippen LogP contribution in [-0.4, -0.2) is 125 Å². The Kier molecular flexibility index (Phi) is 19.8. The van der Waals surface area contributed by atoms with E-state index in [-0.39, 0.29) is 62.2 Å². The van der Waals surface area contributed by atoms with Crippen LogP contribution in [0.2, 0.25) is 0 Å². The summed E-state index contributed by atoms with van der Waals surface area (Å²) in [4.78, 5) is 153. The Hall–Kier alpha value is -8.41. The average Bonchev–Trinajstić information content (AvgIpc) is 1.67. The van der Waals surface area contributed by atoms with Crippen molar-refractivity contribution in [1.29, 1.82) is 0 Å². The number of aromatic nitrogens is 2. The van der Waals surface area contributed by atoms with Gasteiger partial charge in [0.15, 0.2) is 0 Å². The monoisotopic (exact) mass is 1250 g/mol. The number of para-hydroxylation sites is 1. The number of aliphatic hydroxyl groups is 1. The fraction of sp³-hybridized carbons (Fsp3) is 0.406. The number of benzene rings is 4. The van der Waals surface area contributed by atoms with E-state index in [9.17, 15) is 62.6 Å². The first-order chi connectivity index (χ1) is 42.1. The van der Waals surface area contributed by atoms with Crippen molar-refractivity contribution in [2.24, 2.45) is 11.1 Å². The number of H-pyrrole nitrogens is 1. The average molecular weight is 1260 g/mol. The number of rotatable bonds is 23. The topological polar surface area (TPSA) is 353 Å². The predicted octanol–water partition coefficient (Wildman–Crippen LogP) is 6.09. The van der Waals surface area contributed by atoms with Crippen LogP contribution in [0, 0.1) is 19.3 Å². The Labute approximate surface area is 518 Å². The molecule has 0 unspecified atom stereocenters. The van der Waals surface area contributed by atoms with E-state index in [0.717, 1.165) is 38.4 Å². The molecule has 0 spiro atoms. The molecular formula is C64H75N10O13PS. The van der Waals surface area contributed by atoms with E-state index >= 15 is 0 Å². The Balaban J connectivity index is 0.781. The van der Waals surface area contributed by atoms with Gasteiger partial charge in [-0.2, -0.15) is 0 Å². The van der Waals surface area contributed by atoms with Crippen LogP contribution in [-0.2, 0) is 57.4 Å². The van der Waals surface area contributed by atoms with Crippen molar-refractivity contribution in [3.05, 3.63) is 135 Å².